The van der Waals surface area contributed by atoms with E-state index in [1.807, 2.05) is 0 Å². The lowest BCUT2D eigenvalue weighted by molar-refractivity contribution is 0.861. The van der Waals surface area contributed by atoms with E-state index in [2.05, 4.69) is 22.0 Å². The Kier molecular flexibility index (Phi) is 1.40. The zero-order valence-electron chi connectivity index (χ0n) is 4.78. The van der Waals surface area contributed by atoms with Crippen molar-refractivity contribution in [2.75, 3.05) is 5.73 Å². The standard InChI is InChI=1S/C5H6N4/c1-2-5-4(6)3-7-9-8-5/h2-3H,1H2,(H2,6,9). The average Bonchev–Trinajstić information content (AvgIpc) is 1.89. The normalized spacial score (nSPS) is 8.89. The average molecular weight is 122 g/mol. The first-order valence-corrected chi connectivity index (χ1v) is 2.41. The molecule has 0 saturated carbocycles. The van der Waals surface area contributed by atoms with E-state index in [0.717, 1.165) is 0 Å². The van der Waals surface area contributed by atoms with Crippen molar-refractivity contribution in [1.29, 1.82) is 0 Å². The van der Waals surface area contributed by atoms with E-state index in [9.17, 15) is 0 Å². The second-order valence-electron chi connectivity index (χ2n) is 1.48. The fourth-order valence-electron chi connectivity index (χ4n) is 0.445. The van der Waals surface area contributed by atoms with E-state index in [0.29, 0.717) is 11.4 Å². The number of hydrogen-bond acceptors (Lipinski definition) is 4. The van der Waals surface area contributed by atoms with Crippen LogP contribution in [0.3, 0.4) is 0 Å². The van der Waals surface area contributed by atoms with E-state index in [1.165, 1.54) is 12.3 Å². The van der Waals surface area contributed by atoms with Crippen LogP contribution in [0.2, 0.25) is 0 Å². The van der Waals surface area contributed by atoms with Gasteiger partial charge in [-0.2, -0.15) is 0 Å². The number of nitrogen functional groups attached to an aromatic ring is 1. The molecule has 1 aromatic rings. The largest absolute Gasteiger partial charge is 0.396 e. The van der Waals surface area contributed by atoms with Gasteiger partial charge in [0.05, 0.1) is 11.9 Å². The van der Waals surface area contributed by atoms with Gasteiger partial charge < -0.3 is 5.73 Å². The van der Waals surface area contributed by atoms with Crippen molar-refractivity contribution in [3.8, 4) is 0 Å². The predicted octanol–water partition coefficient (Wildman–Crippen LogP) is 0.0968. The van der Waals surface area contributed by atoms with Crippen molar-refractivity contribution in [2.45, 2.75) is 0 Å². The van der Waals surface area contributed by atoms with E-state index in [1.54, 1.807) is 0 Å². The molecule has 0 atom stereocenters. The number of hydrogen-bond donors (Lipinski definition) is 1. The molecular formula is C5H6N4. The summed E-state index contributed by atoms with van der Waals surface area (Å²) in [6, 6.07) is 0. The second kappa shape index (κ2) is 2.21. The summed E-state index contributed by atoms with van der Waals surface area (Å²) < 4.78 is 0. The highest BCUT2D eigenvalue weighted by Gasteiger charge is 1.92. The Bertz CT molecular complexity index is 220. The summed E-state index contributed by atoms with van der Waals surface area (Å²) in [5.74, 6) is 0. The van der Waals surface area contributed by atoms with Gasteiger partial charge in [-0.25, -0.2) is 0 Å². The molecule has 0 radical (unpaired) electrons. The lowest BCUT2D eigenvalue weighted by atomic mass is 10.4. The quantitative estimate of drug-likeness (QED) is 0.573. The summed E-state index contributed by atoms with van der Waals surface area (Å²) in [7, 11) is 0. The Hall–Kier alpha value is -1.45. The lowest BCUT2D eigenvalue weighted by Gasteiger charge is -1.91. The van der Waals surface area contributed by atoms with Crippen LogP contribution in [-0.2, 0) is 0 Å². The molecule has 0 fully saturated rings. The lowest BCUT2D eigenvalue weighted by Crippen LogP contribution is -1.96. The van der Waals surface area contributed by atoms with Crippen LogP contribution in [0.15, 0.2) is 12.8 Å². The Labute approximate surface area is 52.4 Å². The fraction of sp³-hybridized carbons (Fsp3) is 0. The molecule has 0 aromatic carbocycles. The molecule has 0 saturated heterocycles. The molecule has 0 bridgehead atoms. The van der Waals surface area contributed by atoms with Gasteiger partial charge in [0.25, 0.3) is 0 Å². The molecule has 4 nitrogen and oxygen atoms in total. The van der Waals surface area contributed by atoms with Crippen molar-refractivity contribution >= 4 is 11.8 Å². The van der Waals surface area contributed by atoms with Gasteiger partial charge in [0.2, 0.25) is 0 Å². The maximum atomic E-state index is 5.39. The Morgan fingerprint density at radius 2 is 2.44 bits per heavy atom. The van der Waals surface area contributed by atoms with Crippen LogP contribution in [0.1, 0.15) is 5.69 Å². The van der Waals surface area contributed by atoms with E-state index in [4.69, 9.17) is 5.73 Å². The topological polar surface area (TPSA) is 64.7 Å². The van der Waals surface area contributed by atoms with E-state index >= 15 is 0 Å². The molecule has 2 N–H and O–H groups in total. The minimum absolute atomic E-state index is 0.500. The van der Waals surface area contributed by atoms with Gasteiger partial charge in [0.1, 0.15) is 5.69 Å². The number of anilines is 1. The minimum atomic E-state index is 0.500. The first kappa shape index (κ1) is 5.68. The molecule has 0 aliphatic rings. The number of nitrogens with zero attached hydrogens (tertiary/aromatic N) is 3. The zero-order valence-corrected chi connectivity index (χ0v) is 4.78. The van der Waals surface area contributed by atoms with Crippen molar-refractivity contribution in [1.82, 2.24) is 15.4 Å². The summed E-state index contributed by atoms with van der Waals surface area (Å²) >= 11 is 0. The highest BCUT2D eigenvalue weighted by Crippen LogP contribution is 2.03. The monoisotopic (exact) mass is 122 g/mol. The molecular weight excluding hydrogens is 116 g/mol. The van der Waals surface area contributed by atoms with Crippen molar-refractivity contribution < 1.29 is 0 Å². The second-order valence-corrected chi connectivity index (χ2v) is 1.48. The summed E-state index contributed by atoms with van der Waals surface area (Å²) in [4.78, 5) is 0. The number of aromatic nitrogens is 3. The molecule has 1 rings (SSSR count). The van der Waals surface area contributed by atoms with Crippen LogP contribution >= 0.6 is 0 Å². The minimum Gasteiger partial charge on any atom is -0.396 e. The van der Waals surface area contributed by atoms with Crippen molar-refractivity contribution in [3.05, 3.63) is 18.5 Å². The van der Waals surface area contributed by atoms with Gasteiger partial charge in [-0.3, -0.25) is 0 Å². The highest BCUT2D eigenvalue weighted by molar-refractivity contribution is 5.56. The Morgan fingerprint density at radius 3 is 2.89 bits per heavy atom. The number of nitrogens with two attached hydrogens (primary N) is 1. The predicted molar refractivity (Wildman–Crippen MR) is 34.3 cm³/mol. The van der Waals surface area contributed by atoms with Crippen LogP contribution in [0, 0.1) is 0 Å². The molecule has 0 aliphatic carbocycles. The molecule has 46 valence electrons. The Balaban J connectivity index is 3.15. The third-order valence-corrected chi connectivity index (χ3v) is 0.890. The molecule has 1 aromatic heterocycles. The maximum Gasteiger partial charge on any atom is 0.111 e. The summed E-state index contributed by atoms with van der Waals surface area (Å²) in [5, 5.41) is 10.4. The van der Waals surface area contributed by atoms with Crippen molar-refractivity contribution in [3.63, 3.8) is 0 Å². The van der Waals surface area contributed by atoms with Gasteiger partial charge in [-0.05, 0) is 11.3 Å². The molecule has 0 aliphatic heterocycles. The molecule has 0 amide bonds. The SMILES string of the molecule is C=Cc1nnncc1N. The third kappa shape index (κ3) is 1.02. The smallest absolute Gasteiger partial charge is 0.111 e. The van der Waals surface area contributed by atoms with Crippen LogP contribution in [0.25, 0.3) is 6.08 Å². The molecule has 9 heavy (non-hydrogen) atoms. The van der Waals surface area contributed by atoms with Crippen LogP contribution in [0.5, 0.6) is 0 Å². The van der Waals surface area contributed by atoms with Gasteiger partial charge in [0, 0.05) is 0 Å². The van der Waals surface area contributed by atoms with Gasteiger partial charge in [-0.15, -0.1) is 10.2 Å². The van der Waals surface area contributed by atoms with E-state index in [-0.39, 0.29) is 0 Å². The molecule has 0 spiro atoms. The first-order chi connectivity index (χ1) is 4.34. The molecule has 0 unspecified atom stereocenters. The van der Waals surface area contributed by atoms with Gasteiger partial charge in [0.15, 0.2) is 0 Å². The van der Waals surface area contributed by atoms with Crippen LogP contribution in [-0.4, -0.2) is 15.4 Å². The highest BCUT2D eigenvalue weighted by atomic mass is 15.3. The zero-order chi connectivity index (χ0) is 6.69. The van der Waals surface area contributed by atoms with Crippen LogP contribution < -0.4 is 5.73 Å². The van der Waals surface area contributed by atoms with Crippen molar-refractivity contribution in [2.24, 2.45) is 0 Å². The summed E-state index contributed by atoms with van der Waals surface area (Å²) in [6.45, 7) is 3.48. The molecule has 4 heteroatoms. The van der Waals surface area contributed by atoms with Gasteiger partial charge in [-0.1, -0.05) is 6.58 Å². The summed E-state index contributed by atoms with van der Waals surface area (Å²) in [5.41, 5.74) is 6.47. The van der Waals surface area contributed by atoms with Crippen LogP contribution in [0.4, 0.5) is 5.69 Å². The van der Waals surface area contributed by atoms with Gasteiger partial charge >= 0.3 is 0 Å². The molecule has 1 heterocycles. The third-order valence-electron chi connectivity index (χ3n) is 0.890. The number of rotatable bonds is 1. The maximum absolute atomic E-state index is 5.39. The fourth-order valence-corrected chi connectivity index (χ4v) is 0.445. The Morgan fingerprint density at radius 1 is 1.67 bits per heavy atom. The van der Waals surface area contributed by atoms with E-state index < -0.39 is 0 Å². The summed E-state index contributed by atoms with van der Waals surface area (Å²) in [6.07, 6.45) is 2.97. The first-order valence-electron chi connectivity index (χ1n) is 2.41.